The summed E-state index contributed by atoms with van der Waals surface area (Å²) >= 11 is 0. The molecule has 31 heavy (non-hydrogen) atoms. The van der Waals surface area contributed by atoms with Crippen molar-refractivity contribution >= 4 is 17.7 Å². The van der Waals surface area contributed by atoms with Gasteiger partial charge in [0.25, 0.3) is 5.56 Å². The van der Waals surface area contributed by atoms with Gasteiger partial charge in [-0.05, 0) is 13.3 Å². The molecule has 0 aromatic carbocycles. The SMILES string of the molecule is C[C@@H]1COCCN1c1cc(=O)n2c(n1)N(CC(=O)N1CCOCC1)[C@H](C(F)(F)F)CC2. The Bertz CT molecular complexity index is 871. The van der Waals surface area contributed by atoms with Crippen LogP contribution in [0.5, 0.6) is 0 Å². The topological polar surface area (TPSA) is 80.1 Å². The molecule has 2 atom stereocenters. The fourth-order valence-electron chi connectivity index (χ4n) is 4.25. The Balaban J connectivity index is 1.70. The molecule has 0 unspecified atom stereocenters. The molecule has 4 rings (SSSR count). The van der Waals surface area contributed by atoms with E-state index in [1.807, 2.05) is 11.8 Å². The average Bonchev–Trinajstić information content (AvgIpc) is 2.74. The number of anilines is 2. The normalized spacial score (nSPS) is 24.8. The fourth-order valence-corrected chi connectivity index (χ4v) is 4.25. The Morgan fingerprint density at radius 1 is 1.16 bits per heavy atom. The number of aromatic nitrogens is 2. The van der Waals surface area contributed by atoms with E-state index in [0.717, 1.165) is 4.90 Å². The van der Waals surface area contributed by atoms with Crippen LogP contribution >= 0.6 is 0 Å². The second kappa shape index (κ2) is 8.65. The molecular weight excluding hydrogens is 419 g/mol. The monoisotopic (exact) mass is 445 g/mol. The van der Waals surface area contributed by atoms with Crippen molar-refractivity contribution in [1.29, 1.82) is 0 Å². The van der Waals surface area contributed by atoms with E-state index < -0.39 is 30.2 Å². The van der Waals surface area contributed by atoms with Gasteiger partial charge in [0.05, 0.1) is 32.5 Å². The smallest absolute Gasteiger partial charge is 0.378 e. The van der Waals surface area contributed by atoms with Crippen LogP contribution < -0.4 is 15.4 Å². The van der Waals surface area contributed by atoms with Gasteiger partial charge >= 0.3 is 6.18 Å². The first-order valence-corrected chi connectivity index (χ1v) is 10.4. The number of hydrogen-bond donors (Lipinski definition) is 0. The molecule has 1 aromatic heterocycles. The molecule has 3 aliphatic heterocycles. The maximum Gasteiger partial charge on any atom is 0.408 e. The lowest BCUT2D eigenvalue weighted by Crippen LogP contribution is -2.56. The summed E-state index contributed by atoms with van der Waals surface area (Å²) in [6.07, 6.45) is -4.88. The molecule has 0 bridgehead atoms. The van der Waals surface area contributed by atoms with Crippen LogP contribution in [-0.4, -0.2) is 91.2 Å². The summed E-state index contributed by atoms with van der Waals surface area (Å²) in [5.74, 6) is -0.250. The second-order valence-electron chi connectivity index (χ2n) is 7.99. The Labute approximate surface area is 177 Å². The van der Waals surface area contributed by atoms with Gasteiger partial charge in [0, 0.05) is 32.2 Å². The van der Waals surface area contributed by atoms with Crippen LogP contribution in [0, 0.1) is 0 Å². The summed E-state index contributed by atoms with van der Waals surface area (Å²) in [7, 11) is 0. The highest BCUT2D eigenvalue weighted by Crippen LogP contribution is 2.34. The summed E-state index contributed by atoms with van der Waals surface area (Å²) < 4.78 is 53.5. The second-order valence-corrected chi connectivity index (χ2v) is 7.99. The van der Waals surface area contributed by atoms with Gasteiger partial charge in [-0.25, -0.2) is 0 Å². The molecule has 3 aliphatic rings. The zero-order valence-electron chi connectivity index (χ0n) is 17.3. The van der Waals surface area contributed by atoms with Gasteiger partial charge in [-0.1, -0.05) is 0 Å². The minimum atomic E-state index is -4.56. The van der Waals surface area contributed by atoms with Crippen molar-refractivity contribution in [3.05, 3.63) is 16.4 Å². The maximum atomic E-state index is 13.9. The van der Waals surface area contributed by atoms with E-state index >= 15 is 0 Å². The van der Waals surface area contributed by atoms with Gasteiger partial charge in [0.15, 0.2) is 0 Å². The molecule has 0 saturated carbocycles. The molecule has 0 radical (unpaired) electrons. The van der Waals surface area contributed by atoms with Crippen LogP contribution in [0.25, 0.3) is 0 Å². The van der Waals surface area contributed by atoms with Crippen molar-refractivity contribution in [2.45, 2.75) is 38.1 Å². The fraction of sp³-hybridized carbons (Fsp3) is 0.737. The lowest BCUT2D eigenvalue weighted by atomic mass is 10.1. The predicted molar refractivity (Wildman–Crippen MR) is 105 cm³/mol. The van der Waals surface area contributed by atoms with Crippen LogP contribution in [-0.2, 0) is 20.8 Å². The van der Waals surface area contributed by atoms with Crippen molar-refractivity contribution < 1.29 is 27.4 Å². The molecule has 1 aromatic rings. The Kier molecular flexibility index (Phi) is 6.11. The zero-order valence-corrected chi connectivity index (χ0v) is 17.3. The van der Waals surface area contributed by atoms with Crippen LogP contribution in [0.1, 0.15) is 13.3 Å². The molecule has 2 fully saturated rings. The number of halogens is 3. The number of carbonyl (C=O) groups excluding carboxylic acids is 1. The van der Waals surface area contributed by atoms with E-state index in [2.05, 4.69) is 4.98 Å². The van der Waals surface area contributed by atoms with Gasteiger partial charge in [-0.15, -0.1) is 0 Å². The van der Waals surface area contributed by atoms with E-state index in [9.17, 15) is 22.8 Å². The number of nitrogens with zero attached hydrogens (tertiary/aromatic N) is 5. The molecular formula is C19H26F3N5O4. The first-order valence-electron chi connectivity index (χ1n) is 10.4. The van der Waals surface area contributed by atoms with E-state index in [-0.39, 0.29) is 25.0 Å². The number of ether oxygens (including phenoxy) is 2. The van der Waals surface area contributed by atoms with Gasteiger partial charge in [-0.2, -0.15) is 18.2 Å². The van der Waals surface area contributed by atoms with Crippen LogP contribution in [0.4, 0.5) is 24.9 Å². The molecule has 172 valence electrons. The van der Waals surface area contributed by atoms with Crippen LogP contribution in [0.3, 0.4) is 0 Å². The molecule has 2 saturated heterocycles. The molecule has 1 amide bonds. The molecule has 4 heterocycles. The number of fused-ring (bicyclic) bond motifs is 1. The number of rotatable bonds is 3. The van der Waals surface area contributed by atoms with Gasteiger partial charge in [-0.3, -0.25) is 14.2 Å². The van der Waals surface area contributed by atoms with Gasteiger partial charge in [0.2, 0.25) is 11.9 Å². The lowest BCUT2D eigenvalue weighted by Gasteiger charge is -2.41. The Morgan fingerprint density at radius 2 is 1.87 bits per heavy atom. The number of hydrogen-bond acceptors (Lipinski definition) is 7. The summed E-state index contributed by atoms with van der Waals surface area (Å²) in [6.45, 7) is 4.00. The predicted octanol–water partition coefficient (Wildman–Crippen LogP) is 0.468. The minimum Gasteiger partial charge on any atom is -0.378 e. The number of amides is 1. The van der Waals surface area contributed by atoms with Crippen LogP contribution in [0.15, 0.2) is 10.9 Å². The molecule has 0 N–H and O–H groups in total. The highest BCUT2D eigenvalue weighted by atomic mass is 19.4. The van der Waals surface area contributed by atoms with E-state index in [4.69, 9.17) is 9.47 Å². The summed E-state index contributed by atoms with van der Waals surface area (Å²) in [5.41, 5.74) is -0.428. The Morgan fingerprint density at radius 3 is 2.55 bits per heavy atom. The highest BCUT2D eigenvalue weighted by Gasteiger charge is 2.47. The van der Waals surface area contributed by atoms with E-state index in [1.54, 1.807) is 0 Å². The summed E-state index contributed by atoms with van der Waals surface area (Å²) in [5, 5.41) is 0. The van der Waals surface area contributed by atoms with Crippen molar-refractivity contribution in [1.82, 2.24) is 14.5 Å². The first kappa shape index (κ1) is 21.9. The van der Waals surface area contributed by atoms with Crippen molar-refractivity contribution in [2.24, 2.45) is 0 Å². The lowest BCUT2D eigenvalue weighted by molar-refractivity contribution is -0.154. The standard InChI is InChI=1S/C19H26F3N5O4/c1-13-12-31-9-6-25(13)15-10-16(28)26-3-2-14(19(20,21)22)27(18(26)23-15)11-17(29)24-4-7-30-8-5-24/h10,13-14H,2-9,11-12H2,1H3/t13-,14+/m1/s1. The third-order valence-corrected chi connectivity index (χ3v) is 5.94. The largest absolute Gasteiger partial charge is 0.408 e. The van der Waals surface area contributed by atoms with E-state index in [0.29, 0.717) is 51.9 Å². The molecule has 12 heteroatoms. The quantitative estimate of drug-likeness (QED) is 0.669. The average molecular weight is 445 g/mol. The highest BCUT2D eigenvalue weighted by molar-refractivity contribution is 5.81. The Hall–Kier alpha value is -2.34. The first-order chi connectivity index (χ1) is 14.8. The number of alkyl halides is 3. The number of carbonyl (C=O) groups is 1. The number of morpholine rings is 2. The molecule has 9 nitrogen and oxygen atoms in total. The third-order valence-electron chi connectivity index (χ3n) is 5.94. The van der Waals surface area contributed by atoms with Crippen molar-refractivity contribution in [3.8, 4) is 0 Å². The summed E-state index contributed by atoms with van der Waals surface area (Å²) in [4.78, 5) is 34.3. The molecule has 0 spiro atoms. The van der Waals surface area contributed by atoms with E-state index in [1.165, 1.54) is 15.5 Å². The summed E-state index contributed by atoms with van der Waals surface area (Å²) in [6, 6.07) is -0.614. The minimum absolute atomic E-state index is 0.0749. The third kappa shape index (κ3) is 4.49. The van der Waals surface area contributed by atoms with Gasteiger partial charge in [0.1, 0.15) is 18.4 Å². The zero-order chi connectivity index (χ0) is 22.2. The maximum absolute atomic E-state index is 13.9. The van der Waals surface area contributed by atoms with Crippen LogP contribution in [0.2, 0.25) is 0 Å². The van der Waals surface area contributed by atoms with Gasteiger partial charge < -0.3 is 24.2 Å². The van der Waals surface area contributed by atoms with Crippen molar-refractivity contribution in [3.63, 3.8) is 0 Å². The van der Waals surface area contributed by atoms with Crippen molar-refractivity contribution in [2.75, 3.05) is 62.4 Å². The molecule has 0 aliphatic carbocycles.